The molecule has 19 heavy (non-hydrogen) atoms. The van der Waals surface area contributed by atoms with Gasteiger partial charge in [0.05, 0.1) is 10.9 Å². The van der Waals surface area contributed by atoms with Crippen molar-refractivity contribution in [3.63, 3.8) is 0 Å². The lowest BCUT2D eigenvalue weighted by molar-refractivity contribution is 0.138. The summed E-state index contributed by atoms with van der Waals surface area (Å²) in [5.74, 6) is 0. The van der Waals surface area contributed by atoms with Crippen molar-refractivity contribution < 1.29 is 13.5 Å². The normalized spacial score (nSPS) is 17.3. The van der Waals surface area contributed by atoms with Gasteiger partial charge in [0.25, 0.3) is 0 Å². The molecule has 1 aromatic carbocycles. The highest BCUT2D eigenvalue weighted by Gasteiger charge is 2.37. The van der Waals surface area contributed by atoms with E-state index in [-0.39, 0.29) is 0 Å². The summed E-state index contributed by atoms with van der Waals surface area (Å²) >= 11 is 0. The Kier molecular flexibility index (Phi) is 3.76. The van der Waals surface area contributed by atoms with Crippen molar-refractivity contribution in [3.05, 3.63) is 34.9 Å². The van der Waals surface area contributed by atoms with Crippen molar-refractivity contribution >= 4 is 9.84 Å². The summed E-state index contributed by atoms with van der Waals surface area (Å²) in [6.07, 6.45) is 4.09. The Morgan fingerprint density at radius 1 is 1.26 bits per heavy atom. The van der Waals surface area contributed by atoms with Gasteiger partial charge in [-0.05, 0) is 56.2 Å². The van der Waals surface area contributed by atoms with Gasteiger partial charge in [-0.3, -0.25) is 0 Å². The Balaban J connectivity index is 2.18. The number of aliphatic hydroxyl groups excluding tert-OH is 1. The van der Waals surface area contributed by atoms with Crippen LogP contribution in [0.2, 0.25) is 0 Å². The predicted molar refractivity (Wildman–Crippen MR) is 77.1 cm³/mol. The molecule has 0 fully saturated rings. The van der Waals surface area contributed by atoms with Crippen LogP contribution >= 0.6 is 0 Å². The summed E-state index contributed by atoms with van der Waals surface area (Å²) in [5, 5.41) is 10.2. The minimum Gasteiger partial charge on any atom is -0.391 e. The fourth-order valence-corrected chi connectivity index (χ4v) is 3.05. The summed E-state index contributed by atoms with van der Waals surface area (Å²) in [7, 11) is -3.28. The van der Waals surface area contributed by atoms with E-state index in [4.69, 9.17) is 0 Å². The average Bonchev–Trinajstić information content (AvgIpc) is 2.74. The van der Waals surface area contributed by atoms with Crippen LogP contribution in [0.25, 0.3) is 0 Å². The quantitative estimate of drug-likeness (QED) is 0.917. The molecule has 1 unspecified atom stereocenters. The largest absolute Gasteiger partial charge is 0.391 e. The van der Waals surface area contributed by atoms with Crippen LogP contribution in [0.4, 0.5) is 0 Å². The van der Waals surface area contributed by atoms with Gasteiger partial charge in [0, 0.05) is 6.26 Å². The van der Waals surface area contributed by atoms with Gasteiger partial charge >= 0.3 is 0 Å². The number of fused-ring (bicyclic) bond motifs is 1. The second-order valence-corrected chi connectivity index (χ2v) is 8.65. The highest BCUT2D eigenvalue weighted by molar-refractivity contribution is 7.92. The molecule has 2 rings (SSSR count). The molecule has 1 atom stereocenters. The number of sulfone groups is 1. The number of aryl methyl sites for hydroxylation is 2. The number of hydrogen-bond acceptors (Lipinski definition) is 3. The molecule has 1 aliphatic rings. The Hall–Kier alpha value is -0.870. The van der Waals surface area contributed by atoms with E-state index in [1.54, 1.807) is 13.8 Å². The smallest absolute Gasteiger partial charge is 0.155 e. The van der Waals surface area contributed by atoms with Crippen LogP contribution in [-0.2, 0) is 29.1 Å². The molecule has 3 nitrogen and oxygen atoms in total. The maximum absolute atomic E-state index is 11.7. The summed E-state index contributed by atoms with van der Waals surface area (Å²) in [6, 6.07) is 6.23. The van der Waals surface area contributed by atoms with Crippen LogP contribution in [0.3, 0.4) is 0 Å². The van der Waals surface area contributed by atoms with Gasteiger partial charge in [0.1, 0.15) is 0 Å². The molecule has 0 aromatic heterocycles. The van der Waals surface area contributed by atoms with E-state index in [2.05, 4.69) is 12.1 Å². The van der Waals surface area contributed by atoms with Crippen LogP contribution < -0.4 is 0 Å². The first-order chi connectivity index (χ1) is 8.72. The summed E-state index contributed by atoms with van der Waals surface area (Å²) in [5.41, 5.74) is 3.76. The first-order valence-corrected chi connectivity index (χ1v) is 8.59. The highest BCUT2D eigenvalue weighted by Crippen LogP contribution is 2.26. The Morgan fingerprint density at radius 3 is 2.53 bits per heavy atom. The van der Waals surface area contributed by atoms with Crippen LogP contribution in [0.5, 0.6) is 0 Å². The molecule has 106 valence electrons. The monoisotopic (exact) mass is 282 g/mol. The molecular formula is C15H22O3S. The van der Waals surface area contributed by atoms with Crippen LogP contribution in [0.1, 0.15) is 37.0 Å². The second kappa shape index (κ2) is 4.91. The van der Waals surface area contributed by atoms with Gasteiger partial charge in [0.2, 0.25) is 0 Å². The Bertz CT molecular complexity index is 573. The third kappa shape index (κ3) is 2.84. The number of rotatable bonds is 4. The van der Waals surface area contributed by atoms with Crippen molar-refractivity contribution in [1.82, 2.24) is 0 Å². The van der Waals surface area contributed by atoms with Crippen LogP contribution in [0.15, 0.2) is 18.2 Å². The van der Waals surface area contributed by atoms with Crippen LogP contribution in [-0.4, -0.2) is 30.6 Å². The van der Waals surface area contributed by atoms with Gasteiger partial charge in [-0.1, -0.05) is 18.2 Å². The third-order valence-electron chi connectivity index (χ3n) is 4.35. The lowest BCUT2D eigenvalue weighted by atomic mass is 9.96. The zero-order chi connectivity index (χ0) is 14.3. The van der Waals surface area contributed by atoms with E-state index >= 15 is 0 Å². The Labute approximate surface area is 115 Å². The summed E-state index contributed by atoms with van der Waals surface area (Å²) in [4.78, 5) is 0. The summed E-state index contributed by atoms with van der Waals surface area (Å²) in [6.45, 7) is 3.17. The zero-order valence-corrected chi connectivity index (χ0v) is 12.6. The van der Waals surface area contributed by atoms with Crippen molar-refractivity contribution in [2.75, 3.05) is 6.26 Å². The molecule has 1 aromatic rings. The van der Waals surface area contributed by atoms with Crippen molar-refractivity contribution in [1.29, 1.82) is 0 Å². The molecule has 0 saturated heterocycles. The lowest BCUT2D eigenvalue weighted by Gasteiger charge is -2.28. The molecule has 0 heterocycles. The van der Waals surface area contributed by atoms with E-state index < -0.39 is 20.7 Å². The van der Waals surface area contributed by atoms with E-state index in [1.807, 2.05) is 6.07 Å². The molecule has 0 spiro atoms. The van der Waals surface area contributed by atoms with Gasteiger partial charge in [0.15, 0.2) is 9.84 Å². The molecule has 0 aliphatic heterocycles. The van der Waals surface area contributed by atoms with Gasteiger partial charge in [-0.25, -0.2) is 8.42 Å². The molecule has 1 N–H and O–H groups in total. The molecule has 1 aliphatic carbocycles. The zero-order valence-electron chi connectivity index (χ0n) is 11.8. The number of aliphatic hydroxyl groups is 1. The summed E-state index contributed by atoms with van der Waals surface area (Å²) < 4.78 is 22.3. The van der Waals surface area contributed by atoms with Crippen molar-refractivity contribution in [2.24, 2.45) is 0 Å². The molecule has 0 bridgehead atoms. The maximum atomic E-state index is 11.7. The fourth-order valence-electron chi connectivity index (χ4n) is 2.47. The fraction of sp³-hybridized carbons (Fsp3) is 0.600. The molecule has 0 radical (unpaired) electrons. The highest BCUT2D eigenvalue weighted by atomic mass is 32.2. The lowest BCUT2D eigenvalue weighted by Crippen LogP contribution is -2.44. The molecule has 4 heteroatoms. The molecule has 0 saturated carbocycles. The minimum absolute atomic E-state index is 0.382. The molecular weight excluding hydrogens is 260 g/mol. The SMILES string of the molecule is CC(C)(C(O)Cc1ccc2c(c1)CCC2)S(C)(=O)=O. The van der Waals surface area contributed by atoms with Crippen molar-refractivity contribution in [2.45, 2.75) is 50.4 Å². The first kappa shape index (κ1) is 14.5. The van der Waals surface area contributed by atoms with Gasteiger partial charge in [-0.2, -0.15) is 0 Å². The predicted octanol–water partition coefficient (Wildman–Crippen LogP) is 1.90. The van der Waals surface area contributed by atoms with Crippen molar-refractivity contribution in [3.8, 4) is 0 Å². The van der Waals surface area contributed by atoms with Gasteiger partial charge in [-0.15, -0.1) is 0 Å². The van der Waals surface area contributed by atoms with Crippen LogP contribution in [0, 0.1) is 0 Å². The Morgan fingerprint density at radius 2 is 1.89 bits per heavy atom. The molecule has 0 amide bonds. The average molecular weight is 282 g/mol. The first-order valence-electron chi connectivity index (χ1n) is 6.70. The second-order valence-electron chi connectivity index (χ2n) is 6.05. The van der Waals surface area contributed by atoms with E-state index in [1.165, 1.54) is 23.8 Å². The number of hydrogen-bond donors (Lipinski definition) is 1. The van der Waals surface area contributed by atoms with Gasteiger partial charge < -0.3 is 5.11 Å². The van der Waals surface area contributed by atoms with E-state index in [0.29, 0.717) is 6.42 Å². The third-order valence-corrected chi connectivity index (χ3v) is 6.53. The number of benzene rings is 1. The van der Waals surface area contributed by atoms with E-state index in [9.17, 15) is 13.5 Å². The van der Waals surface area contributed by atoms with E-state index in [0.717, 1.165) is 18.4 Å². The maximum Gasteiger partial charge on any atom is 0.155 e. The standard InChI is InChI=1S/C15H22O3S/c1-15(2,19(3,17)18)14(16)10-11-7-8-12-5-4-6-13(12)9-11/h7-9,14,16H,4-6,10H2,1-3H3. The minimum atomic E-state index is -3.28. The topological polar surface area (TPSA) is 54.4 Å².